The number of amides is 1. The van der Waals surface area contributed by atoms with Crippen LogP contribution in [0.4, 0.5) is 4.39 Å². The van der Waals surface area contributed by atoms with Crippen LogP contribution in [-0.2, 0) is 4.79 Å². The van der Waals surface area contributed by atoms with Crippen molar-refractivity contribution < 1.29 is 13.9 Å². The highest BCUT2D eigenvalue weighted by Gasteiger charge is 2.10. The second kappa shape index (κ2) is 6.60. The number of benzene rings is 1. The van der Waals surface area contributed by atoms with E-state index in [1.54, 1.807) is 6.07 Å². The summed E-state index contributed by atoms with van der Waals surface area (Å²) in [7, 11) is 0. The summed E-state index contributed by atoms with van der Waals surface area (Å²) in [6.07, 6.45) is 0. The first kappa shape index (κ1) is 14.0. The number of nitriles is 1. The normalized spacial score (nSPS) is 9.94. The zero-order valence-electron chi connectivity index (χ0n) is 10.4. The molecule has 1 amide bonds. The van der Waals surface area contributed by atoms with Gasteiger partial charge in [-0.3, -0.25) is 4.79 Å². The van der Waals surface area contributed by atoms with Gasteiger partial charge in [0.05, 0.1) is 0 Å². The number of hydrogen-bond donors (Lipinski definition) is 1. The number of halogens is 1. The van der Waals surface area contributed by atoms with E-state index in [0.717, 1.165) is 0 Å². The maximum atomic E-state index is 13.2. The first-order valence-corrected chi connectivity index (χ1v) is 5.62. The maximum Gasteiger partial charge on any atom is 0.257 e. The highest BCUT2D eigenvalue weighted by atomic mass is 19.1. The highest BCUT2D eigenvalue weighted by molar-refractivity contribution is 5.77. The van der Waals surface area contributed by atoms with E-state index in [1.165, 1.54) is 18.2 Å². The quantitative estimate of drug-likeness (QED) is 0.867. The van der Waals surface area contributed by atoms with Crippen LogP contribution in [0.15, 0.2) is 18.2 Å². The van der Waals surface area contributed by atoms with E-state index in [9.17, 15) is 9.18 Å². The minimum atomic E-state index is -0.655. The number of nitrogens with one attached hydrogen (secondary N) is 1. The molecular formula is C13H15FN2O2. The Morgan fingerprint density at radius 3 is 2.89 bits per heavy atom. The Balaban J connectivity index is 2.57. The zero-order chi connectivity index (χ0) is 13.5. The van der Waals surface area contributed by atoms with Gasteiger partial charge in [-0.1, -0.05) is 19.9 Å². The number of ether oxygens (including phenoxy) is 1. The second-order valence-corrected chi connectivity index (χ2v) is 4.21. The van der Waals surface area contributed by atoms with Crippen LogP contribution in [0.25, 0.3) is 0 Å². The number of nitrogens with zero attached hydrogens (tertiary/aromatic N) is 1. The summed E-state index contributed by atoms with van der Waals surface area (Å²) in [5, 5.41) is 11.4. The summed E-state index contributed by atoms with van der Waals surface area (Å²) in [6.45, 7) is 4.27. The van der Waals surface area contributed by atoms with Crippen LogP contribution < -0.4 is 10.1 Å². The van der Waals surface area contributed by atoms with Crippen LogP contribution in [0.2, 0.25) is 0 Å². The van der Waals surface area contributed by atoms with Crippen molar-refractivity contribution in [3.8, 4) is 11.8 Å². The Bertz CT molecular complexity index is 467. The van der Waals surface area contributed by atoms with Gasteiger partial charge in [-0.15, -0.1) is 0 Å². The smallest absolute Gasteiger partial charge is 0.257 e. The average molecular weight is 250 g/mol. The van der Waals surface area contributed by atoms with Crippen LogP contribution in [0.3, 0.4) is 0 Å². The Morgan fingerprint density at radius 1 is 1.56 bits per heavy atom. The minimum absolute atomic E-state index is 0.0807. The number of hydrogen-bond acceptors (Lipinski definition) is 3. The van der Waals surface area contributed by atoms with E-state index in [1.807, 2.05) is 13.8 Å². The third kappa shape index (κ3) is 4.06. The molecule has 1 aromatic rings. The van der Waals surface area contributed by atoms with Crippen molar-refractivity contribution in [1.82, 2.24) is 5.32 Å². The summed E-state index contributed by atoms with van der Waals surface area (Å²) < 4.78 is 18.4. The first-order valence-electron chi connectivity index (χ1n) is 5.62. The Labute approximate surface area is 105 Å². The molecule has 0 saturated heterocycles. The van der Waals surface area contributed by atoms with Gasteiger partial charge in [-0.25, -0.2) is 4.39 Å². The van der Waals surface area contributed by atoms with E-state index in [4.69, 9.17) is 10.00 Å². The number of rotatable bonds is 5. The largest absolute Gasteiger partial charge is 0.482 e. The molecule has 0 saturated carbocycles. The van der Waals surface area contributed by atoms with Crippen molar-refractivity contribution in [2.75, 3.05) is 13.2 Å². The third-order valence-electron chi connectivity index (χ3n) is 2.15. The van der Waals surface area contributed by atoms with Gasteiger partial charge >= 0.3 is 0 Å². The fourth-order valence-electron chi connectivity index (χ4n) is 1.25. The molecule has 1 rings (SSSR count). The number of carbonyl (C=O) groups is 1. The van der Waals surface area contributed by atoms with Crippen LogP contribution in [0.1, 0.15) is 19.4 Å². The summed E-state index contributed by atoms with van der Waals surface area (Å²) in [4.78, 5) is 11.4. The van der Waals surface area contributed by atoms with Crippen molar-refractivity contribution in [1.29, 1.82) is 5.26 Å². The van der Waals surface area contributed by atoms with Crippen LogP contribution >= 0.6 is 0 Å². The lowest BCUT2D eigenvalue weighted by molar-refractivity contribution is -0.123. The summed E-state index contributed by atoms with van der Waals surface area (Å²) in [5.74, 6) is -0.524. The Morgan fingerprint density at radius 2 is 2.28 bits per heavy atom. The van der Waals surface area contributed by atoms with Gasteiger partial charge in [-0.2, -0.15) is 5.26 Å². The van der Waals surface area contributed by atoms with Gasteiger partial charge in [0.1, 0.15) is 23.2 Å². The Kier molecular flexibility index (Phi) is 5.12. The predicted octanol–water partition coefficient (Wildman–Crippen LogP) is 1.85. The molecular weight excluding hydrogens is 235 g/mol. The van der Waals surface area contributed by atoms with Gasteiger partial charge in [0.15, 0.2) is 6.61 Å². The molecule has 96 valence electrons. The van der Waals surface area contributed by atoms with Gasteiger partial charge in [-0.05, 0) is 18.1 Å². The van der Waals surface area contributed by atoms with Crippen molar-refractivity contribution >= 4 is 5.91 Å². The Hall–Kier alpha value is -2.09. The molecule has 0 aromatic heterocycles. The fourth-order valence-corrected chi connectivity index (χ4v) is 1.25. The maximum absolute atomic E-state index is 13.2. The van der Waals surface area contributed by atoms with Gasteiger partial charge < -0.3 is 10.1 Å². The molecule has 0 heterocycles. The molecule has 5 heteroatoms. The minimum Gasteiger partial charge on any atom is -0.482 e. The van der Waals surface area contributed by atoms with E-state index in [0.29, 0.717) is 12.5 Å². The monoisotopic (exact) mass is 250 g/mol. The molecule has 1 N–H and O–H groups in total. The molecule has 18 heavy (non-hydrogen) atoms. The van der Waals surface area contributed by atoms with Crippen LogP contribution in [0, 0.1) is 23.1 Å². The third-order valence-corrected chi connectivity index (χ3v) is 2.15. The zero-order valence-corrected chi connectivity index (χ0v) is 10.4. The van der Waals surface area contributed by atoms with Crippen LogP contribution in [0.5, 0.6) is 5.75 Å². The van der Waals surface area contributed by atoms with Gasteiger partial charge in [0.25, 0.3) is 5.91 Å². The van der Waals surface area contributed by atoms with Gasteiger partial charge in [0, 0.05) is 6.54 Å². The van der Waals surface area contributed by atoms with Crippen molar-refractivity contribution in [3.05, 3.63) is 29.6 Å². The van der Waals surface area contributed by atoms with E-state index < -0.39 is 5.82 Å². The summed E-state index contributed by atoms with van der Waals surface area (Å²) >= 11 is 0. The SMILES string of the molecule is CC(C)CNC(=O)COc1cccc(F)c1C#N. The fraction of sp³-hybridized carbons (Fsp3) is 0.385. The van der Waals surface area contributed by atoms with E-state index >= 15 is 0 Å². The number of carbonyl (C=O) groups excluding carboxylic acids is 1. The molecule has 0 radical (unpaired) electrons. The molecule has 0 aliphatic heterocycles. The lowest BCUT2D eigenvalue weighted by Crippen LogP contribution is -2.31. The lowest BCUT2D eigenvalue weighted by Gasteiger charge is -2.10. The molecule has 0 fully saturated rings. The standard InChI is InChI=1S/C13H15FN2O2/c1-9(2)7-16-13(17)8-18-12-5-3-4-11(14)10(12)6-15/h3-5,9H,7-8H2,1-2H3,(H,16,17). The van der Waals surface area contributed by atoms with E-state index in [2.05, 4.69) is 5.32 Å². The lowest BCUT2D eigenvalue weighted by atomic mass is 10.2. The molecule has 0 spiro atoms. The van der Waals surface area contributed by atoms with Crippen molar-refractivity contribution in [2.24, 2.45) is 5.92 Å². The molecule has 0 aliphatic carbocycles. The average Bonchev–Trinajstić information content (AvgIpc) is 2.33. The molecule has 0 unspecified atom stereocenters. The van der Waals surface area contributed by atoms with Crippen molar-refractivity contribution in [3.63, 3.8) is 0 Å². The molecule has 0 aliphatic rings. The topological polar surface area (TPSA) is 62.1 Å². The molecule has 0 bridgehead atoms. The molecule has 1 aromatic carbocycles. The summed E-state index contributed by atoms with van der Waals surface area (Å²) in [6, 6.07) is 5.76. The summed E-state index contributed by atoms with van der Waals surface area (Å²) in [5.41, 5.74) is -0.186. The van der Waals surface area contributed by atoms with E-state index in [-0.39, 0.29) is 23.8 Å². The first-order chi connectivity index (χ1) is 8.54. The van der Waals surface area contributed by atoms with Crippen LogP contribution in [-0.4, -0.2) is 19.1 Å². The highest BCUT2D eigenvalue weighted by Crippen LogP contribution is 2.19. The molecule has 0 atom stereocenters. The van der Waals surface area contributed by atoms with Crippen molar-refractivity contribution in [2.45, 2.75) is 13.8 Å². The predicted molar refractivity (Wildman–Crippen MR) is 64.5 cm³/mol. The molecule has 4 nitrogen and oxygen atoms in total. The van der Waals surface area contributed by atoms with Gasteiger partial charge in [0.2, 0.25) is 0 Å². The second-order valence-electron chi connectivity index (χ2n) is 4.21.